The first-order chi connectivity index (χ1) is 10.5. The first kappa shape index (κ1) is 16.9. The Morgan fingerprint density at radius 3 is 2.64 bits per heavy atom. The number of rotatable bonds is 8. The average Bonchev–Trinajstić information content (AvgIpc) is 2.92. The molecule has 7 nitrogen and oxygen atoms in total. The highest BCUT2D eigenvalue weighted by Crippen LogP contribution is 2.19. The molecule has 0 bridgehead atoms. The zero-order valence-electron chi connectivity index (χ0n) is 11.6. The number of hydrogen-bond acceptors (Lipinski definition) is 7. The third kappa shape index (κ3) is 5.06. The van der Waals surface area contributed by atoms with Gasteiger partial charge < -0.3 is 14.4 Å². The van der Waals surface area contributed by atoms with Crippen LogP contribution in [0.5, 0.6) is 0 Å². The molecule has 22 heavy (non-hydrogen) atoms. The SMILES string of the molecule is O=S(=O)(CCOCCO)Cc1nc(-c2ccc(Cl)cc2)no1. The highest BCUT2D eigenvalue weighted by Gasteiger charge is 2.18. The maximum atomic E-state index is 11.9. The quantitative estimate of drug-likeness (QED) is 0.719. The van der Waals surface area contributed by atoms with Gasteiger partial charge in [-0.15, -0.1) is 0 Å². The number of benzene rings is 1. The van der Waals surface area contributed by atoms with Gasteiger partial charge in [-0.3, -0.25) is 0 Å². The summed E-state index contributed by atoms with van der Waals surface area (Å²) in [6.07, 6.45) is 0. The average molecular weight is 347 g/mol. The molecule has 0 aliphatic carbocycles. The minimum atomic E-state index is -3.41. The molecule has 0 saturated carbocycles. The molecule has 2 rings (SSSR count). The van der Waals surface area contributed by atoms with Crippen LogP contribution in [-0.2, 0) is 20.3 Å². The third-order valence-electron chi connectivity index (χ3n) is 2.69. The summed E-state index contributed by atoms with van der Waals surface area (Å²) in [5.74, 6) is -0.202. The van der Waals surface area contributed by atoms with Crippen LogP contribution in [0.3, 0.4) is 0 Å². The van der Waals surface area contributed by atoms with Gasteiger partial charge in [-0.25, -0.2) is 8.42 Å². The first-order valence-electron chi connectivity index (χ1n) is 6.48. The van der Waals surface area contributed by atoms with Gasteiger partial charge in [0, 0.05) is 10.6 Å². The highest BCUT2D eigenvalue weighted by molar-refractivity contribution is 7.90. The summed E-state index contributed by atoms with van der Waals surface area (Å²) in [6.45, 7) is -0.0218. The van der Waals surface area contributed by atoms with E-state index < -0.39 is 9.84 Å². The number of aromatic nitrogens is 2. The lowest BCUT2D eigenvalue weighted by molar-refractivity contribution is 0.103. The van der Waals surface area contributed by atoms with Crippen molar-refractivity contribution in [3.05, 3.63) is 35.2 Å². The van der Waals surface area contributed by atoms with Crippen molar-refractivity contribution in [1.82, 2.24) is 10.1 Å². The lowest BCUT2D eigenvalue weighted by Crippen LogP contribution is -2.15. The van der Waals surface area contributed by atoms with Crippen LogP contribution in [0.15, 0.2) is 28.8 Å². The van der Waals surface area contributed by atoms with Crippen molar-refractivity contribution in [3.8, 4) is 11.4 Å². The van der Waals surface area contributed by atoms with Crippen molar-refractivity contribution >= 4 is 21.4 Å². The number of sulfone groups is 1. The van der Waals surface area contributed by atoms with Crippen molar-refractivity contribution in [2.45, 2.75) is 5.75 Å². The molecule has 0 unspecified atom stereocenters. The molecular weight excluding hydrogens is 332 g/mol. The van der Waals surface area contributed by atoms with Crippen molar-refractivity contribution in [2.75, 3.05) is 25.6 Å². The molecule has 0 fully saturated rings. The minimum Gasteiger partial charge on any atom is -0.394 e. The summed E-state index contributed by atoms with van der Waals surface area (Å²) < 4.78 is 33.6. The molecule has 0 saturated heterocycles. The Morgan fingerprint density at radius 2 is 1.95 bits per heavy atom. The Labute approximate surface area is 132 Å². The van der Waals surface area contributed by atoms with Crippen LogP contribution < -0.4 is 0 Å². The van der Waals surface area contributed by atoms with Crippen LogP contribution in [-0.4, -0.2) is 49.2 Å². The minimum absolute atomic E-state index is 0.0150. The van der Waals surface area contributed by atoms with E-state index in [1.165, 1.54) is 0 Å². The maximum Gasteiger partial charge on any atom is 0.242 e. The molecule has 0 radical (unpaired) electrons. The smallest absolute Gasteiger partial charge is 0.242 e. The van der Waals surface area contributed by atoms with E-state index in [1.807, 2.05) is 0 Å². The van der Waals surface area contributed by atoms with Gasteiger partial charge >= 0.3 is 0 Å². The van der Waals surface area contributed by atoms with E-state index in [0.29, 0.717) is 16.4 Å². The number of aliphatic hydroxyl groups excluding tert-OH is 1. The number of halogens is 1. The zero-order chi connectivity index (χ0) is 16.0. The van der Waals surface area contributed by atoms with Crippen LogP contribution >= 0.6 is 11.6 Å². The predicted octanol–water partition coefficient (Wildman–Crippen LogP) is 1.31. The van der Waals surface area contributed by atoms with Crippen LogP contribution in [0, 0.1) is 0 Å². The van der Waals surface area contributed by atoms with E-state index in [4.69, 9.17) is 26.0 Å². The molecule has 0 spiro atoms. The van der Waals surface area contributed by atoms with Gasteiger partial charge in [0.15, 0.2) is 9.84 Å². The fourth-order valence-corrected chi connectivity index (χ4v) is 2.78. The Kier molecular flexibility index (Phi) is 5.90. The Morgan fingerprint density at radius 1 is 1.23 bits per heavy atom. The van der Waals surface area contributed by atoms with Gasteiger partial charge in [-0.05, 0) is 24.3 Å². The fourth-order valence-electron chi connectivity index (χ4n) is 1.64. The van der Waals surface area contributed by atoms with Crippen molar-refractivity contribution in [1.29, 1.82) is 0 Å². The summed E-state index contributed by atoms with van der Waals surface area (Å²) in [7, 11) is -3.41. The predicted molar refractivity (Wildman–Crippen MR) is 80.1 cm³/mol. The van der Waals surface area contributed by atoms with E-state index in [2.05, 4.69) is 10.1 Å². The Balaban J connectivity index is 1.98. The van der Waals surface area contributed by atoms with E-state index >= 15 is 0 Å². The molecular formula is C13H15ClN2O5S. The second-order valence-electron chi connectivity index (χ2n) is 4.45. The lowest BCUT2D eigenvalue weighted by atomic mass is 10.2. The molecule has 1 aromatic heterocycles. The van der Waals surface area contributed by atoms with Crippen LogP contribution in [0.1, 0.15) is 5.89 Å². The summed E-state index contributed by atoms with van der Waals surface area (Å²) >= 11 is 5.79. The van der Waals surface area contributed by atoms with E-state index in [1.54, 1.807) is 24.3 Å². The Hall–Kier alpha value is -1.48. The molecule has 1 heterocycles. The number of ether oxygens (including phenoxy) is 1. The normalized spacial score (nSPS) is 11.7. The maximum absolute atomic E-state index is 11.9. The number of aliphatic hydroxyl groups is 1. The van der Waals surface area contributed by atoms with Gasteiger partial charge in [-0.1, -0.05) is 16.8 Å². The van der Waals surface area contributed by atoms with Crippen LogP contribution in [0.25, 0.3) is 11.4 Å². The van der Waals surface area contributed by atoms with Crippen molar-refractivity contribution < 1.29 is 22.8 Å². The zero-order valence-corrected chi connectivity index (χ0v) is 13.2. The Bertz CT molecular complexity index is 699. The second kappa shape index (κ2) is 7.68. The molecule has 120 valence electrons. The molecule has 0 aliphatic heterocycles. The van der Waals surface area contributed by atoms with Crippen molar-refractivity contribution in [2.24, 2.45) is 0 Å². The summed E-state index contributed by atoms with van der Waals surface area (Å²) in [6, 6.07) is 6.80. The van der Waals surface area contributed by atoms with Gasteiger partial charge in [-0.2, -0.15) is 4.98 Å². The van der Waals surface area contributed by atoms with Crippen LogP contribution in [0.4, 0.5) is 0 Å². The monoisotopic (exact) mass is 346 g/mol. The summed E-state index contributed by atoms with van der Waals surface area (Å²) in [5, 5.41) is 12.9. The first-order valence-corrected chi connectivity index (χ1v) is 8.68. The molecule has 0 aliphatic rings. The van der Waals surface area contributed by atoms with Gasteiger partial charge in [0.25, 0.3) is 0 Å². The molecule has 0 amide bonds. The van der Waals surface area contributed by atoms with E-state index in [0.717, 1.165) is 0 Å². The molecule has 1 N–H and O–H groups in total. The third-order valence-corrected chi connectivity index (χ3v) is 4.42. The molecule has 9 heteroatoms. The van der Waals surface area contributed by atoms with Gasteiger partial charge in [0.05, 0.1) is 25.6 Å². The van der Waals surface area contributed by atoms with E-state index in [-0.39, 0.29) is 37.2 Å². The lowest BCUT2D eigenvalue weighted by Gasteiger charge is -2.02. The topological polar surface area (TPSA) is 103 Å². The molecule has 1 aromatic carbocycles. The fraction of sp³-hybridized carbons (Fsp3) is 0.385. The number of nitrogens with zero attached hydrogens (tertiary/aromatic N) is 2. The van der Waals surface area contributed by atoms with Crippen molar-refractivity contribution in [3.63, 3.8) is 0 Å². The largest absolute Gasteiger partial charge is 0.394 e. The van der Waals surface area contributed by atoms with Gasteiger partial charge in [0.1, 0.15) is 5.75 Å². The standard InChI is InChI=1S/C13H15ClN2O5S/c14-11-3-1-10(2-4-11)13-15-12(21-16-13)9-22(18,19)8-7-20-6-5-17/h1-4,17H,5-9H2. The summed E-state index contributed by atoms with van der Waals surface area (Å²) in [5.41, 5.74) is 0.683. The molecule has 0 atom stereocenters. The second-order valence-corrected chi connectivity index (χ2v) is 7.07. The molecule has 2 aromatic rings. The summed E-state index contributed by atoms with van der Waals surface area (Å²) in [4.78, 5) is 4.06. The van der Waals surface area contributed by atoms with E-state index in [9.17, 15) is 8.42 Å². The van der Waals surface area contributed by atoms with Gasteiger partial charge in [0.2, 0.25) is 11.7 Å². The highest BCUT2D eigenvalue weighted by atomic mass is 35.5. The number of hydrogen-bond donors (Lipinski definition) is 1. The van der Waals surface area contributed by atoms with Crippen LogP contribution in [0.2, 0.25) is 5.02 Å².